The number of ketones is 1. The molecule has 1 fully saturated rings. The van der Waals surface area contributed by atoms with Gasteiger partial charge in [-0.25, -0.2) is 9.97 Å². The molecule has 0 radical (unpaired) electrons. The highest BCUT2D eigenvalue weighted by Gasteiger charge is 2.48. The molecular formula is C24H21ClN4O2S3. The first kappa shape index (κ1) is 23.5. The molecule has 1 aliphatic rings. The van der Waals surface area contributed by atoms with Gasteiger partial charge in [-0.3, -0.25) is 10.1 Å². The molecule has 0 saturated carbocycles. The van der Waals surface area contributed by atoms with Crippen LogP contribution in [-0.4, -0.2) is 32.3 Å². The number of benzene rings is 1. The molecule has 1 aliphatic heterocycles. The van der Waals surface area contributed by atoms with E-state index in [1.807, 2.05) is 60.1 Å². The number of hydrogen-bond acceptors (Lipinski definition) is 9. The summed E-state index contributed by atoms with van der Waals surface area (Å²) in [5.74, 6) is 0.552. The van der Waals surface area contributed by atoms with Gasteiger partial charge in [0.25, 0.3) is 0 Å². The van der Waals surface area contributed by atoms with Crippen LogP contribution in [0, 0.1) is 6.92 Å². The maximum absolute atomic E-state index is 13.5. The lowest BCUT2D eigenvalue weighted by Crippen LogP contribution is -2.60. The first-order valence-electron chi connectivity index (χ1n) is 10.5. The summed E-state index contributed by atoms with van der Waals surface area (Å²) in [6, 6.07) is 14.9. The molecule has 10 heteroatoms. The Kier molecular flexibility index (Phi) is 6.74. The zero-order chi connectivity index (χ0) is 23.7. The fraction of sp³-hybridized carbons (Fsp3) is 0.208. The Bertz CT molecular complexity index is 1310. The first-order valence-corrected chi connectivity index (χ1v) is 13.6. The van der Waals surface area contributed by atoms with E-state index in [2.05, 4.69) is 15.6 Å². The number of aliphatic hydroxyl groups excluding tert-OH is 1. The van der Waals surface area contributed by atoms with Crippen LogP contribution in [-0.2, 0) is 10.3 Å². The molecule has 0 amide bonds. The molecule has 1 aromatic carbocycles. The number of thiophene rings is 1. The van der Waals surface area contributed by atoms with Crippen LogP contribution < -0.4 is 10.6 Å². The van der Waals surface area contributed by atoms with Crippen molar-refractivity contribution in [2.75, 3.05) is 5.32 Å². The number of nitrogens with zero attached hydrogens (tertiary/aromatic N) is 2. The summed E-state index contributed by atoms with van der Waals surface area (Å²) in [4.78, 5) is 24.5. The summed E-state index contributed by atoms with van der Waals surface area (Å²) in [6.45, 7) is 1.99. The van der Waals surface area contributed by atoms with Crippen molar-refractivity contribution in [3.8, 4) is 0 Å². The first-order chi connectivity index (χ1) is 16.4. The third-order valence-electron chi connectivity index (χ3n) is 5.58. The van der Waals surface area contributed by atoms with E-state index in [1.165, 1.54) is 23.1 Å². The number of thioether (sulfide) groups is 1. The Morgan fingerprint density at radius 3 is 2.79 bits per heavy atom. The van der Waals surface area contributed by atoms with Crippen molar-refractivity contribution in [3.63, 3.8) is 0 Å². The zero-order valence-corrected chi connectivity index (χ0v) is 21.3. The second-order valence-electron chi connectivity index (χ2n) is 7.93. The summed E-state index contributed by atoms with van der Waals surface area (Å²) in [5, 5.41) is 22.3. The van der Waals surface area contributed by atoms with Gasteiger partial charge in [0, 0.05) is 22.4 Å². The molecule has 4 heterocycles. The van der Waals surface area contributed by atoms with E-state index in [1.54, 1.807) is 23.6 Å². The van der Waals surface area contributed by atoms with Crippen LogP contribution >= 0.6 is 46.0 Å². The highest BCUT2D eigenvalue weighted by Crippen LogP contribution is 2.42. The SMILES string of the molecule is Cc1cnc(Nc2cccc(C3(c4ccsc4)CC(=O)C(Sc4ccccc4Cl)C(O)N3)n2)s1. The number of thiazole rings is 1. The molecule has 0 aliphatic carbocycles. The fourth-order valence-electron chi connectivity index (χ4n) is 3.99. The molecular weight excluding hydrogens is 508 g/mol. The summed E-state index contributed by atoms with van der Waals surface area (Å²) in [6.07, 6.45) is 0.857. The largest absolute Gasteiger partial charge is 0.377 e. The molecule has 0 spiro atoms. The van der Waals surface area contributed by atoms with Crippen molar-refractivity contribution < 1.29 is 9.90 Å². The zero-order valence-electron chi connectivity index (χ0n) is 18.1. The molecule has 3 N–H and O–H groups in total. The number of rotatable bonds is 6. The predicted molar refractivity (Wildman–Crippen MR) is 139 cm³/mol. The number of pyridine rings is 1. The van der Waals surface area contributed by atoms with E-state index >= 15 is 0 Å². The molecule has 174 valence electrons. The van der Waals surface area contributed by atoms with Crippen LogP contribution in [0.15, 0.2) is 70.4 Å². The Morgan fingerprint density at radius 2 is 2.09 bits per heavy atom. The van der Waals surface area contributed by atoms with Gasteiger partial charge in [-0.1, -0.05) is 29.8 Å². The van der Waals surface area contributed by atoms with Crippen molar-refractivity contribution in [2.24, 2.45) is 0 Å². The molecule has 6 nitrogen and oxygen atoms in total. The Labute approximate surface area is 214 Å². The number of carbonyl (C=O) groups is 1. The number of halogens is 1. The molecule has 3 unspecified atom stereocenters. The number of anilines is 2. The van der Waals surface area contributed by atoms with Crippen molar-refractivity contribution in [1.29, 1.82) is 0 Å². The molecule has 1 saturated heterocycles. The molecule has 5 rings (SSSR count). The molecule has 3 atom stereocenters. The van der Waals surface area contributed by atoms with Crippen molar-refractivity contribution in [3.05, 3.63) is 86.6 Å². The highest BCUT2D eigenvalue weighted by molar-refractivity contribution is 8.00. The highest BCUT2D eigenvalue weighted by atomic mass is 35.5. The molecule has 4 aromatic rings. The number of piperidine rings is 1. The van der Waals surface area contributed by atoms with E-state index in [0.29, 0.717) is 16.5 Å². The van der Waals surface area contributed by atoms with Gasteiger partial charge in [-0.2, -0.15) is 11.3 Å². The van der Waals surface area contributed by atoms with Gasteiger partial charge in [-0.05, 0) is 53.6 Å². The smallest absolute Gasteiger partial charge is 0.188 e. The number of carbonyl (C=O) groups excluding carboxylic acids is 1. The minimum absolute atomic E-state index is 0.0712. The van der Waals surface area contributed by atoms with E-state index in [-0.39, 0.29) is 12.2 Å². The van der Waals surface area contributed by atoms with Gasteiger partial charge in [0.2, 0.25) is 0 Å². The molecule has 0 bridgehead atoms. The number of aliphatic hydroxyl groups is 1. The number of nitrogens with one attached hydrogen (secondary N) is 2. The van der Waals surface area contributed by atoms with Crippen LogP contribution in [0.4, 0.5) is 10.9 Å². The Balaban J connectivity index is 1.48. The Hall–Kier alpha value is -2.27. The quantitative estimate of drug-likeness (QED) is 0.300. The number of Topliss-reactive ketones (excluding diaryl/α,β-unsaturated/α-hetero) is 1. The topological polar surface area (TPSA) is 87.1 Å². The normalized spacial score (nSPS) is 22.6. The van der Waals surface area contributed by atoms with Crippen LogP contribution in [0.25, 0.3) is 0 Å². The van der Waals surface area contributed by atoms with Gasteiger partial charge >= 0.3 is 0 Å². The van der Waals surface area contributed by atoms with Crippen molar-refractivity contribution in [2.45, 2.75) is 35.3 Å². The summed E-state index contributed by atoms with van der Waals surface area (Å²) in [5.41, 5.74) is 0.587. The lowest BCUT2D eigenvalue weighted by atomic mass is 9.79. The fourth-order valence-corrected chi connectivity index (χ4v) is 6.69. The lowest BCUT2D eigenvalue weighted by molar-refractivity contribution is -0.125. The van der Waals surface area contributed by atoms with E-state index in [4.69, 9.17) is 16.6 Å². The standard InChI is InChI=1S/C24H21ClN4O2S3/c1-14-12-26-23(33-14)28-20-8-4-7-19(27-20)24(15-9-10-32-13-15)11-17(30)21(22(31)29-24)34-18-6-3-2-5-16(18)25/h2-10,12-13,21-22,29,31H,11H2,1H3,(H,26,27,28). The number of aromatic nitrogens is 2. The third-order valence-corrected chi connectivity index (χ3v) is 8.92. The third kappa shape index (κ3) is 4.64. The number of hydrogen-bond donors (Lipinski definition) is 3. The minimum atomic E-state index is -1.09. The van der Waals surface area contributed by atoms with Crippen molar-refractivity contribution >= 4 is 62.8 Å². The van der Waals surface area contributed by atoms with Gasteiger partial charge in [0.15, 0.2) is 10.9 Å². The minimum Gasteiger partial charge on any atom is -0.377 e. The van der Waals surface area contributed by atoms with Crippen LogP contribution in [0.1, 0.15) is 22.6 Å². The van der Waals surface area contributed by atoms with Gasteiger partial charge in [0.1, 0.15) is 17.3 Å². The summed E-state index contributed by atoms with van der Waals surface area (Å²) < 4.78 is 0. The molecule has 3 aromatic heterocycles. The second-order valence-corrected chi connectivity index (χ2v) is 11.5. The van der Waals surface area contributed by atoms with Gasteiger partial charge < -0.3 is 10.4 Å². The van der Waals surface area contributed by atoms with E-state index in [9.17, 15) is 9.90 Å². The van der Waals surface area contributed by atoms with Gasteiger partial charge in [0.05, 0.1) is 16.3 Å². The Morgan fingerprint density at radius 1 is 1.24 bits per heavy atom. The van der Waals surface area contributed by atoms with Crippen LogP contribution in [0.5, 0.6) is 0 Å². The van der Waals surface area contributed by atoms with Crippen molar-refractivity contribution in [1.82, 2.24) is 15.3 Å². The van der Waals surface area contributed by atoms with E-state index in [0.717, 1.165) is 20.5 Å². The molecule has 34 heavy (non-hydrogen) atoms. The summed E-state index contributed by atoms with van der Waals surface area (Å²) in [7, 11) is 0. The van der Waals surface area contributed by atoms with Gasteiger partial charge in [-0.15, -0.1) is 23.1 Å². The maximum Gasteiger partial charge on any atom is 0.188 e. The van der Waals surface area contributed by atoms with E-state index < -0.39 is 17.0 Å². The average molecular weight is 529 g/mol. The number of aryl methyl sites for hydroxylation is 1. The predicted octanol–water partition coefficient (Wildman–Crippen LogP) is 5.59. The van der Waals surface area contributed by atoms with Crippen LogP contribution in [0.2, 0.25) is 5.02 Å². The average Bonchev–Trinajstić information content (AvgIpc) is 3.50. The summed E-state index contributed by atoms with van der Waals surface area (Å²) >= 11 is 10.7. The second kappa shape index (κ2) is 9.77. The maximum atomic E-state index is 13.5. The monoisotopic (exact) mass is 528 g/mol. The lowest BCUT2D eigenvalue weighted by Gasteiger charge is -2.42. The van der Waals surface area contributed by atoms with Crippen LogP contribution in [0.3, 0.4) is 0 Å².